The van der Waals surface area contributed by atoms with Crippen molar-refractivity contribution >= 4 is 17.7 Å². The number of carbonyl (C=O) groups excluding carboxylic acids is 2. The van der Waals surface area contributed by atoms with Crippen LogP contribution in [0.25, 0.3) is 0 Å². The van der Waals surface area contributed by atoms with Crippen LogP contribution >= 0.6 is 0 Å². The van der Waals surface area contributed by atoms with Gasteiger partial charge in [0, 0.05) is 18.8 Å². The fourth-order valence-corrected chi connectivity index (χ4v) is 4.71. The van der Waals surface area contributed by atoms with Crippen LogP contribution in [0.15, 0.2) is 54.6 Å². The molecule has 2 aromatic carbocycles. The maximum absolute atomic E-state index is 13.4. The first kappa shape index (κ1) is 20.3. The van der Waals surface area contributed by atoms with E-state index in [1.54, 1.807) is 0 Å². The molecule has 2 aromatic rings. The average molecular weight is 408 g/mol. The second kappa shape index (κ2) is 9.20. The van der Waals surface area contributed by atoms with E-state index in [9.17, 15) is 9.59 Å². The summed E-state index contributed by atoms with van der Waals surface area (Å²) >= 11 is 0. The number of carbonyl (C=O) groups is 2. The molecule has 2 aliphatic rings. The van der Waals surface area contributed by atoms with Crippen molar-refractivity contribution in [2.75, 3.05) is 25.5 Å². The molecule has 0 radical (unpaired) electrons. The molecule has 158 valence electrons. The second-order valence-corrected chi connectivity index (χ2v) is 8.23. The van der Waals surface area contributed by atoms with Gasteiger partial charge in [0.1, 0.15) is 6.17 Å². The summed E-state index contributed by atoms with van der Waals surface area (Å²) in [6, 6.07) is 17.9. The third-order valence-corrected chi connectivity index (χ3v) is 6.20. The molecule has 30 heavy (non-hydrogen) atoms. The molecule has 0 saturated heterocycles. The molecule has 0 bridgehead atoms. The third kappa shape index (κ3) is 4.42. The molecule has 1 aliphatic carbocycles. The summed E-state index contributed by atoms with van der Waals surface area (Å²) in [6.45, 7) is 1.33. The van der Waals surface area contributed by atoms with Crippen molar-refractivity contribution in [1.29, 1.82) is 0 Å². The molecule has 1 heterocycles. The number of ether oxygens (including phenoxy) is 1. The van der Waals surface area contributed by atoms with Crippen LogP contribution in [-0.2, 0) is 4.74 Å². The van der Waals surface area contributed by atoms with E-state index in [1.165, 1.54) is 7.11 Å². The summed E-state index contributed by atoms with van der Waals surface area (Å²) in [5, 5.41) is 6.40. The smallest absolute Gasteiger partial charge is 0.406 e. The van der Waals surface area contributed by atoms with Gasteiger partial charge in [0.05, 0.1) is 12.7 Å². The molecule has 6 nitrogen and oxygen atoms in total. The molecule has 1 aliphatic heterocycles. The van der Waals surface area contributed by atoms with Crippen LogP contribution in [0.5, 0.6) is 0 Å². The van der Waals surface area contributed by atoms with Gasteiger partial charge < -0.3 is 20.3 Å². The zero-order chi connectivity index (χ0) is 20.9. The lowest BCUT2D eigenvalue weighted by Crippen LogP contribution is -2.46. The quantitative estimate of drug-likeness (QED) is 0.770. The Hall–Kier alpha value is -3.02. The largest absolute Gasteiger partial charge is 0.453 e. The second-order valence-electron chi connectivity index (χ2n) is 8.23. The number of hydrogen-bond acceptors (Lipinski definition) is 4. The summed E-state index contributed by atoms with van der Waals surface area (Å²) in [5.41, 5.74) is 2.70. The Balaban J connectivity index is 1.51. The average Bonchev–Trinajstić information content (AvgIpc) is 2.80. The molecule has 3 atom stereocenters. The van der Waals surface area contributed by atoms with E-state index >= 15 is 0 Å². The van der Waals surface area contributed by atoms with E-state index in [-0.39, 0.29) is 18.2 Å². The predicted molar refractivity (Wildman–Crippen MR) is 116 cm³/mol. The molecule has 2 amide bonds. The molecule has 0 aromatic heterocycles. The highest BCUT2D eigenvalue weighted by molar-refractivity contribution is 6.01. The van der Waals surface area contributed by atoms with Crippen LogP contribution in [-0.4, -0.2) is 37.1 Å². The van der Waals surface area contributed by atoms with E-state index < -0.39 is 0 Å². The van der Waals surface area contributed by atoms with Crippen molar-refractivity contribution in [3.63, 3.8) is 0 Å². The van der Waals surface area contributed by atoms with E-state index in [0.717, 1.165) is 42.5 Å². The van der Waals surface area contributed by atoms with Crippen molar-refractivity contribution < 1.29 is 14.3 Å². The first-order valence-corrected chi connectivity index (χ1v) is 10.7. The number of anilines is 1. The summed E-state index contributed by atoms with van der Waals surface area (Å²) < 4.78 is 4.69. The number of fused-ring (bicyclic) bond motifs is 1. The predicted octanol–water partition coefficient (Wildman–Crippen LogP) is 4.42. The van der Waals surface area contributed by atoms with Gasteiger partial charge in [0.25, 0.3) is 5.91 Å². The van der Waals surface area contributed by atoms with Crippen LogP contribution in [0.2, 0.25) is 0 Å². The van der Waals surface area contributed by atoms with Gasteiger partial charge in [-0.2, -0.15) is 0 Å². The fourth-order valence-electron chi connectivity index (χ4n) is 4.71. The molecule has 6 heteroatoms. The highest BCUT2D eigenvalue weighted by atomic mass is 16.5. The van der Waals surface area contributed by atoms with Crippen LogP contribution in [0, 0.1) is 11.8 Å². The number of benzene rings is 2. The van der Waals surface area contributed by atoms with Gasteiger partial charge in [0.15, 0.2) is 0 Å². The third-order valence-electron chi connectivity index (χ3n) is 6.20. The van der Waals surface area contributed by atoms with Crippen molar-refractivity contribution in [2.45, 2.75) is 31.8 Å². The lowest BCUT2D eigenvalue weighted by molar-refractivity contribution is 0.0613. The van der Waals surface area contributed by atoms with Gasteiger partial charge in [-0.15, -0.1) is 0 Å². The van der Waals surface area contributed by atoms with E-state index in [0.29, 0.717) is 24.9 Å². The maximum atomic E-state index is 13.4. The summed E-state index contributed by atoms with van der Waals surface area (Å²) in [7, 11) is 1.38. The monoisotopic (exact) mass is 407 g/mol. The minimum atomic E-state index is -0.381. The zero-order valence-corrected chi connectivity index (χ0v) is 17.3. The first-order chi connectivity index (χ1) is 14.7. The number of para-hydroxylation sites is 1. The maximum Gasteiger partial charge on any atom is 0.406 e. The van der Waals surface area contributed by atoms with Crippen molar-refractivity contribution in [2.24, 2.45) is 11.8 Å². The van der Waals surface area contributed by atoms with Crippen molar-refractivity contribution in [3.8, 4) is 0 Å². The minimum absolute atomic E-state index is 0.0769. The Bertz CT molecular complexity index is 886. The lowest BCUT2D eigenvalue weighted by atomic mass is 9.80. The lowest BCUT2D eigenvalue weighted by Gasteiger charge is -2.41. The van der Waals surface area contributed by atoms with Crippen molar-refractivity contribution in [3.05, 3.63) is 65.7 Å². The standard InChI is InChI=1S/C24H29N3O3/c1-30-24(29)25-15-17-8-7-9-18(14-17)16-27-22(19-10-3-2-4-11-19)26-21-13-6-5-12-20(21)23(27)28/h2-6,10-13,17-18,22,26H,7-9,14-16H2,1H3,(H,25,29). The molecule has 1 saturated carbocycles. The Morgan fingerprint density at radius 2 is 1.83 bits per heavy atom. The van der Waals surface area contributed by atoms with Gasteiger partial charge in [-0.3, -0.25) is 4.79 Å². The van der Waals surface area contributed by atoms with E-state index in [1.807, 2.05) is 47.4 Å². The molecule has 1 fully saturated rings. The minimum Gasteiger partial charge on any atom is -0.453 e. The normalized spacial score (nSPS) is 23.3. The number of alkyl carbamates (subject to hydrolysis) is 1. The van der Waals surface area contributed by atoms with Gasteiger partial charge >= 0.3 is 6.09 Å². The first-order valence-electron chi connectivity index (χ1n) is 10.7. The molecule has 3 unspecified atom stereocenters. The topological polar surface area (TPSA) is 70.7 Å². The van der Waals surface area contributed by atoms with Gasteiger partial charge in [-0.05, 0) is 48.8 Å². The van der Waals surface area contributed by atoms with Gasteiger partial charge in [-0.25, -0.2) is 4.79 Å². The highest BCUT2D eigenvalue weighted by Crippen LogP contribution is 2.36. The fraction of sp³-hybridized carbons (Fsp3) is 0.417. The molecule has 4 rings (SSSR count). The SMILES string of the molecule is COC(=O)NCC1CCCC(CN2C(=O)c3ccccc3NC2c2ccccc2)C1. The number of nitrogens with zero attached hydrogens (tertiary/aromatic N) is 1. The molecular formula is C24H29N3O3. The van der Waals surface area contributed by atoms with Gasteiger partial charge in [0.2, 0.25) is 0 Å². The Labute approximate surface area is 177 Å². The van der Waals surface area contributed by atoms with Crippen LogP contribution in [0.4, 0.5) is 10.5 Å². The van der Waals surface area contributed by atoms with Crippen LogP contribution in [0.1, 0.15) is 47.8 Å². The molecule has 2 N–H and O–H groups in total. The molecule has 0 spiro atoms. The van der Waals surface area contributed by atoms with E-state index in [2.05, 4.69) is 27.5 Å². The van der Waals surface area contributed by atoms with E-state index in [4.69, 9.17) is 0 Å². The molecular weight excluding hydrogens is 378 g/mol. The highest BCUT2D eigenvalue weighted by Gasteiger charge is 2.35. The Morgan fingerprint density at radius 3 is 2.63 bits per heavy atom. The zero-order valence-electron chi connectivity index (χ0n) is 17.3. The van der Waals surface area contributed by atoms with Crippen LogP contribution in [0.3, 0.4) is 0 Å². The number of methoxy groups -OCH3 is 1. The summed E-state index contributed by atoms with van der Waals surface area (Å²) in [4.78, 5) is 26.8. The Morgan fingerprint density at radius 1 is 1.10 bits per heavy atom. The Kier molecular flexibility index (Phi) is 6.21. The van der Waals surface area contributed by atoms with Crippen LogP contribution < -0.4 is 10.6 Å². The van der Waals surface area contributed by atoms with Gasteiger partial charge in [-0.1, -0.05) is 48.9 Å². The number of rotatable bonds is 5. The summed E-state index contributed by atoms with van der Waals surface area (Å²) in [5.74, 6) is 0.900. The number of amides is 2. The number of nitrogens with one attached hydrogen (secondary N) is 2. The summed E-state index contributed by atoms with van der Waals surface area (Å²) in [6.07, 6.45) is 3.74. The number of hydrogen-bond donors (Lipinski definition) is 2. The van der Waals surface area contributed by atoms with Crippen molar-refractivity contribution in [1.82, 2.24) is 10.2 Å².